The van der Waals surface area contributed by atoms with E-state index in [-0.39, 0.29) is 5.91 Å². The summed E-state index contributed by atoms with van der Waals surface area (Å²) in [5, 5.41) is 6.08. The molecule has 0 aliphatic heterocycles. The fraction of sp³-hybridized carbons (Fsp3) is 0.375. The van der Waals surface area contributed by atoms with Gasteiger partial charge >= 0.3 is 0 Å². The highest BCUT2D eigenvalue weighted by Gasteiger charge is 2.15. The largest absolute Gasteiger partial charge is 0.341 e. The molecule has 3 aromatic heterocycles. The zero-order valence-electron chi connectivity index (χ0n) is 14.1. The first kappa shape index (κ1) is 16.9. The number of aromatic nitrogens is 4. The summed E-state index contributed by atoms with van der Waals surface area (Å²) in [6.45, 7) is 4.73. The topological polar surface area (TPSA) is 63.9 Å². The third-order valence-electron chi connectivity index (χ3n) is 3.87. The van der Waals surface area contributed by atoms with Crippen LogP contribution in [0.1, 0.15) is 16.0 Å². The van der Waals surface area contributed by atoms with Crippen molar-refractivity contribution in [1.82, 2.24) is 24.6 Å². The molecule has 24 heavy (non-hydrogen) atoms. The van der Waals surface area contributed by atoms with Gasteiger partial charge in [0, 0.05) is 42.7 Å². The minimum atomic E-state index is 0.0696. The monoisotopic (exact) mass is 361 g/mol. The van der Waals surface area contributed by atoms with Crippen LogP contribution in [0.5, 0.6) is 0 Å². The van der Waals surface area contributed by atoms with Crippen LogP contribution in [0.2, 0.25) is 0 Å². The molecule has 0 N–H and O–H groups in total. The van der Waals surface area contributed by atoms with Gasteiger partial charge in [0.25, 0.3) is 0 Å². The number of carbonyl (C=O) groups excluding carboxylic acids is 1. The van der Waals surface area contributed by atoms with Crippen molar-refractivity contribution < 1.29 is 4.79 Å². The van der Waals surface area contributed by atoms with Crippen LogP contribution in [0.3, 0.4) is 0 Å². The predicted octanol–water partition coefficient (Wildman–Crippen LogP) is 2.79. The van der Waals surface area contributed by atoms with E-state index in [1.807, 2.05) is 20.3 Å². The first-order valence-corrected chi connectivity index (χ1v) is 9.31. The average Bonchev–Trinajstić information content (AvgIpc) is 3.08. The van der Waals surface area contributed by atoms with E-state index in [4.69, 9.17) is 0 Å². The van der Waals surface area contributed by atoms with Gasteiger partial charge in [-0.05, 0) is 19.4 Å². The van der Waals surface area contributed by atoms with Gasteiger partial charge in [0.05, 0.1) is 11.9 Å². The Kier molecular flexibility index (Phi) is 4.86. The summed E-state index contributed by atoms with van der Waals surface area (Å²) in [5.74, 6) is 0.428. The molecule has 3 rings (SSSR count). The van der Waals surface area contributed by atoms with Gasteiger partial charge in [0.2, 0.25) is 5.91 Å². The van der Waals surface area contributed by atoms with Gasteiger partial charge in [-0.3, -0.25) is 9.48 Å². The minimum absolute atomic E-state index is 0.0696. The maximum atomic E-state index is 12.4. The highest BCUT2D eigenvalue weighted by molar-refractivity contribution is 8.00. The van der Waals surface area contributed by atoms with Crippen molar-refractivity contribution in [3.05, 3.63) is 34.7 Å². The first-order chi connectivity index (χ1) is 11.5. The molecule has 0 radical (unpaired) electrons. The number of carbonyl (C=O) groups is 1. The van der Waals surface area contributed by atoms with E-state index in [1.54, 1.807) is 33.4 Å². The molecule has 6 nitrogen and oxygen atoms in total. The lowest BCUT2D eigenvalue weighted by Crippen LogP contribution is -2.27. The molecule has 0 atom stereocenters. The molecule has 8 heteroatoms. The van der Waals surface area contributed by atoms with E-state index < -0.39 is 0 Å². The Labute approximate surface area is 148 Å². The van der Waals surface area contributed by atoms with Crippen molar-refractivity contribution in [1.29, 1.82) is 0 Å². The highest BCUT2D eigenvalue weighted by atomic mass is 32.2. The zero-order chi connectivity index (χ0) is 17.3. The average molecular weight is 361 g/mol. The van der Waals surface area contributed by atoms with E-state index in [2.05, 4.69) is 28.9 Å². The van der Waals surface area contributed by atoms with Crippen LogP contribution in [0.4, 0.5) is 0 Å². The third kappa shape index (κ3) is 3.44. The van der Waals surface area contributed by atoms with Crippen LogP contribution < -0.4 is 0 Å². The summed E-state index contributed by atoms with van der Waals surface area (Å²) in [5.41, 5.74) is 2.22. The van der Waals surface area contributed by atoms with Crippen LogP contribution in [-0.4, -0.2) is 43.4 Å². The Balaban J connectivity index is 1.68. The van der Waals surface area contributed by atoms with Crippen LogP contribution in [0.15, 0.2) is 23.7 Å². The summed E-state index contributed by atoms with van der Waals surface area (Å²) in [6, 6.07) is 0. The maximum Gasteiger partial charge on any atom is 0.233 e. The summed E-state index contributed by atoms with van der Waals surface area (Å²) < 4.78 is 1.74. The zero-order valence-corrected chi connectivity index (χ0v) is 15.7. The Hall–Kier alpha value is -1.93. The number of amides is 1. The fourth-order valence-electron chi connectivity index (χ4n) is 2.42. The lowest BCUT2D eigenvalue weighted by Gasteiger charge is -2.15. The van der Waals surface area contributed by atoms with Crippen molar-refractivity contribution in [2.45, 2.75) is 25.4 Å². The number of fused-ring (bicyclic) bond motifs is 1. The van der Waals surface area contributed by atoms with Crippen LogP contribution in [-0.2, 0) is 18.4 Å². The second kappa shape index (κ2) is 6.90. The van der Waals surface area contributed by atoms with Crippen molar-refractivity contribution in [3.8, 4) is 0 Å². The minimum Gasteiger partial charge on any atom is -0.341 e. The van der Waals surface area contributed by atoms with Crippen LogP contribution in [0, 0.1) is 13.8 Å². The fourth-order valence-corrected chi connectivity index (χ4v) is 4.47. The van der Waals surface area contributed by atoms with Gasteiger partial charge in [-0.25, -0.2) is 9.97 Å². The van der Waals surface area contributed by atoms with E-state index >= 15 is 0 Å². The number of aryl methyl sites for hydroxylation is 3. The second-order valence-electron chi connectivity index (χ2n) is 5.70. The molecule has 0 aliphatic rings. The number of nitrogens with zero attached hydrogens (tertiary/aromatic N) is 5. The molecule has 3 heterocycles. The number of thioether (sulfide) groups is 1. The molecule has 0 saturated carbocycles. The number of thiophene rings is 1. The molecule has 0 spiro atoms. The van der Waals surface area contributed by atoms with E-state index in [9.17, 15) is 4.79 Å². The smallest absolute Gasteiger partial charge is 0.233 e. The Morgan fingerprint density at radius 3 is 2.88 bits per heavy atom. The summed E-state index contributed by atoms with van der Waals surface area (Å²) in [6.07, 6.45) is 5.27. The first-order valence-electron chi connectivity index (χ1n) is 7.50. The summed E-state index contributed by atoms with van der Waals surface area (Å²) in [7, 11) is 3.68. The standard InChI is InChI=1S/C16H19N5OS2/c1-10-11(2)24-16-14(10)15(17-9-18-16)23-8-13(22)20(3)6-12-5-19-21(4)7-12/h5,7,9H,6,8H2,1-4H3. The molecule has 0 aliphatic carbocycles. The van der Waals surface area contributed by atoms with E-state index in [0.717, 1.165) is 20.8 Å². The van der Waals surface area contributed by atoms with Crippen molar-refractivity contribution in [2.75, 3.05) is 12.8 Å². The maximum absolute atomic E-state index is 12.4. The predicted molar refractivity (Wildman–Crippen MR) is 97.3 cm³/mol. The quantitative estimate of drug-likeness (QED) is 0.516. The number of hydrogen-bond donors (Lipinski definition) is 0. The van der Waals surface area contributed by atoms with Gasteiger partial charge in [0.1, 0.15) is 16.2 Å². The molecular weight excluding hydrogens is 342 g/mol. The number of rotatable bonds is 5. The van der Waals surface area contributed by atoms with Crippen molar-refractivity contribution in [3.63, 3.8) is 0 Å². The molecule has 0 bridgehead atoms. The lowest BCUT2D eigenvalue weighted by molar-refractivity contribution is -0.127. The highest BCUT2D eigenvalue weighted by Crippen LogP contribution is 2.34. The van der Waals surface area contributed by atoms with Crippen LogP contribution >= 0.6 is 23.1 Å². The van der Waals surface area contributed by atoms with Crippen molar-refractivity contribution in [2.24, 2.45) is 7.05 Å². The van der Waals surface area contributed by atoms with Gasteiger partial charge in [-0.1, -0.05) is 11.8 Å². The SMILES string of the molecule is Cc1sc2ncnc(SCC(=O)N(C)Cc3cnn(C)c3)c2c1C. The Morgan fingerprint density at radius 2 is 2.17 bits per heavy atom. The van der Waals surface area contributed by atoms with Gasteiger partial charge < -0.3 is 4.90 Å². The third-order valence-corrected chi connectivity index (χ3v) is 5.96. The summed E-state index contributed by atoms with van der Waals surface area (Å²) >= 11 is 3.14. The Bertz CT molecular complexity index is 886. The molecule has 126 valence electrons. The Morgan fingerprint density at radius 1 is 1.38 bits per heavy atom. The van der Waals surface area contributed by atoms with Crippen LogP contribution in [0.25, 0.3) is 10.2 Å². The molecule has 1 amide bonds. The summed E-state index contributed by atoms with van der Waals surface area (Å²) in [4.78, 5) is 25.0. The van der Waals surface area contributed by atoms with E-state index in [1.165, 1.54) is 22.2 Å². The van der Waals surface area contributed by atoms with E-state index in [0.29, 0.717) is 12.3 Å². The normalized spacial score (nSPS) is 11.2. The van der Waals surface area contributed by atoms with Crippen molar-refractivity contribution >= 4 is 39.2 Å². The van der Waals surface area contributed by atoms with Gasteiger partial charge in [0.15, 0.2) is 0 Å². The van der Waals surface area contributed by atoms with Gasteiger partial charge in [-0.2, -0.15) is 5.10 Å². The molecular formula is C16H19N5OS2. The molecule has 0 aromatic carbocycles. The number of hydrogen-bond acceptors (Lipinski definition) is 6. The second-order valence-corrected chi connectivity index (χ2v) is 7.87. The molecule has 0 saturated heterocycles. The molecule has 3 aromatic rings. The van der Waals surface area contributed by atoms with Gasteiger partial charge in [-0.15, -0.1) is 11.3 Å². The molecule has 0 fully saturated rings. The molecule has 0 unspecified atom stereocenters. The lowest BCUT2D eigenvalue weighted by atomic mass is 10.2.